The van der Waals surface area contributed by atoms with Crippen LogP contribution < -0.4 is 16.4 Å². The Bertz CT molecular complexity index is 487. The molecule has 4 N–H and O–H groups in total. The van der Waals surface area contributed by atoms with Crippen LogP contribution in [0.25, 0.3) is 0 Å². The highest BCUT2D eigenvalue weighted by Gasteiger charge is 2.24. The lowest BCUT2D eigenvalue weighted by molar-refractivity contribution is -0.115. The van der Waals surface area contributed by atoms with Crippen molar-refractivity contribution in [3.05, 3.63) is 23.8 Å². The molecule has 4 heteroatoms. The molecule has 0 spiro atoms. The maximum absolute atomic E-state index is 11.6. The maximum Gasteiger partial charge on any atom is 0.224 e. The van der Waals surface area contributed by atoms with Crippen LogP contribution in [0.15, 0.2) is 18.2 Å². The average Bonchev–Trinajstić information content (AvgIpc) is 2.51. The fourth-order valence-corrected chi connectivity index (χ4v) is 3.05. The fourth-order valence-electron chi connectivity index (χ4n) is 3.05. The van der Waals surface area contributed by atoms with Gasteiger partial charge in [0.1, 0.15) is 0 Å². The molecule has 1 aliphatic rings. The van der Waals surface area contributed by atoms with Gasteiger partial charge in [0, 0.05) is 23.8 Å². The largest absolute Gasteiger partial charge is 0.382 e. The van der Waals surface area contributed by atoms with E-state index in [1.165, 1.54) is 25.7 Å². The average molecular weight is 289 g/mol. The van der Waals surface area contributed by atoms with Crippen LogP contribution in [0.4, 0.5) is 11.4 Å². The third kappa shape index (κ3) is 3.97. The van der Waals surface area contributed by atoms with Gasteiger partial charge in [-0.3, -0.25) is 4.79 Å². The van der Waals surface area contributed by atoms with Gasteiger partial charge in [-0.2, -0.15) is 0 Å². The van der Waals surface area contributed by atoms with Gasteiger partial charge in [-0.1, -0.05) is 25.8 Å². The summed E-state index contributed by atoms with van der Waals surface area (Å²) in [6, 6.07) is 6.47. The molecule has 2 atom stereocenters. The van der Waals surface area contributed by atoms with E-state index < -0.39 is 0 Å². The SMILES string of the molecule is CCC(=O)Nc1cccc(NC2CCCCC2CN)c1C. The third-order valence-corrected chi connectivity index (χ3v) is 4.48. The van der Waals surface area contributed by atoms with Crippen molar-refractivity contribution in [3.8, 4) is 0 Å². The molecule has 2 rings (SSSR count). The van der Waals surface area contributed by atoms with Crippen LogP contribution in [0.3, 0.4) is 0 Å². The first-order valence-electron chi connectivity index (χ1n) is 8.01. The van der Waals surface area contributed by atoms with Gasteiger partial charge in [-0.25, -0.2) is 0 Å². The lowest BCUT2D eigenvalue weighted by Crippen LogP contribution is -2.36. The van der Waals surface area contributed by atoms with Crippen LogP contribution in [-0.4, -0.2) is 18.5 Å². The van der Waals surface area contributed by atoms with Gasteiger partial charge < -0.3 is 16.4 Å². The van der Waals surface area contributed by atoms with Crippen LogP contribution in [0.2, 0.25) is 0 Å². The predicted molar refractivity (Wildman–Crippen MR) is 88.5 cm³/mol. The Morgan fingerprint density at radius 2 is 2.00 bits per heavy atom. The van der Waals surface area contributed by atoms with Crippen LogP contribution in [-0.2, 0) is 4.79 Å². The number of nitrogens with one attached hydrogen (secondary N) is 2. The summed E-state index contributed by atoms with van der Waals surface area (Å²) in [6.07, 6.45) is 5.42. The molecule has 1 aromatic carbocycles. The number of carbonyl (C=O) groups excluding carboxylic acids is 1. The summed E-state index contributed by atoms with van der Waals surface area (Å²) in [6.45, 7) is 4.65. The highest BCUT2D eigenvalue weighted by molar-refractivity contribution is 5.92. The molecule has 0 aliphatic heterocycles. The predicted octanol–water partition coefficient (Wildman–Crippen LogP) is 3.27. The Morgan fingerprint density at radius 3 is 2.71 bits per heavy atom. The minimum Gasteiger partial charge on any atom is -0.382 e. The second-order valence-electron chi connectivity index (χ2n) is 5.91. The molecule has 1 aromatic rings. The highest BCUT2D eigenvalue weighted by Crippen LogP contribution is 2.30. The molecule has 1 aliphatic carbocycles. The van der Waals surface area contributed by atoms with Crippen LogP contribution in [0.1, 0.15) is 44.6 Å². The quantitative estimate of drug-likeness (QED) is 0.779. The zero-order chi connectivity index (χ0) is 15.2. The fraction of sp³-hybridized carbons (Fsp3) is 0.588. The number of benzene rings is 1. The lowest BCUT2D eigenvalue weighted by Gasteiger charge is -2.32. The summed E-state index contributed by atoms with van der Waals surface area (Å²) < 4.78 is 0. The molecule has 4 nitrogen and oxygen atoms in total. The molecule has 0 aromatic heterocycles. The number of hydrogen-bond acceptors (Lipinski definition) is 3. The van der Waals surface area contributed by atoms with E-state index in [0.717, 1.165) is 23.5 Å². The second kappa shape index (κ2) is 7.46. The molecule has 1 amide bonds. The number of carbonyl (C=O) groups is 1. The standard InChI is InChI=1S/C17H27N3O/c1-3-17(21)20-15-10-6-9-14(12(15)2)19-16-8-5-4-7-13(16)11-18/h6,9-10,13,16,19H,3-5,7-8,11,18H2,1-2H3,(H,20,21). The highest BCUT2D eigenvalue weighted by atomic mass is 16.1. The summed E-state index contributed by atoms with van der Waals surface area (Å²) in [4.78, 5) is 11.6. The van der Waals surface area contributed by atoms with Crippen molar-refractivity contribution in [3.63, 3.8) is 0 Å². The van der Waals surface area contributed by atoms with Gasteiger partial charge in [0.2, 0.25) is 5.91 Å². The molecule has 1 fully saturated rings. The lowest BCUT2D eigenvalue weighted by atomic mass is 9.84. The van der Waals surface area contributed by atoms with Crippen molar-refractivity contribution in [2.75, 3.05) is 17.2 Å². The minimum atomic E-state index is 0.0488. The minimum absolute atomic E-state index is 0.0488. The number of hydrogen-bond donors (Lipinski definition) is 3. The van der Waals surface area contributed by atoms with E-state index in [1.54, 1.807) is 0 Å². The van der Waals surface area contributed by atoms with E-state index in [1.807, 2.05) is 26.0 Å². The smallest absolute Gasteiger partial charge is 0.224 e. The number of anilines is 2. The zero-order valence-corrected chi connectivity index (χ0v) is 13.1. The van der Waals surface area contributed by atoms with Crippen molar-refractivity contribution < 1.29 is 4.79 Å². The van der Waals surface area contributed by atoms with Crippen molar-refractivity contribution in [2.45, 2.75) is 52.0 Å². The number of rotatable bonds is 5. The van der Waals surface area contributed by atoms with Gasteiger partial charge in [-0.05, 0) is 49.9 Å². The number of nitrogens with two attached hydrogens (primary N) is 1. The summed E-state index contributed by atoms with van der Waals surface area (Å²) >= 11 is 0. The first kappa shape index (κ1) is 15.8. The first-order chi connectivity index (χ1) is 10.2. The van der Waals surface area contributed by atoms with Gasteiger partial charge in [-0.15, -0.1) is 0 Å². The van der Waals surface area contributed by atoms with E-state index in [9.17, 15) is 4.79 Å². The topological polar surface area (TPSA) is 67.2 Å². The van der Waals surface area contributed by atoms with Gasteiger partial charge in [0.15, 0.2) is 0 Å². The molecule has 116 valence electrons. The Kier molecular flexibility index (Phi) is 5.62. The summed E-state index contributed by atoms with van der Waals surface area (Å²) in [5.74, 6) is 0.597. The second-order valence-corrected chi connectivity index (χ2v) is 5.91. The molecule has 1 saturated carbocycles. The zero-order valence-electron chi connectivity index (χ0n) is 13.1. The van der Waals surface area contributed by atoms with Crippen molar-refractivity contribution in [1.29, 1.82) is 0 Å². The molecule has 21 heavy (non-hydrogen) atoms. The van der Waals surface area contributed by atoms with E-state index in [4.69, 9.17) is 5.73 Å². The Morgan fingerprint density at radius 1 is 1.29 bits per heavy atom. The van der Waals surface area contributed by atoms with Crippen LogP contribution in [0.5, 0.6) is 0 Å². The molecule has 0 heterocycles. The monoisotopic (exact) mass is 289 g/mol. The third-order valence-electron chi connectivity index (χ3n) is 4.48. The van der Waals surface area contributed by atoms with Crippen molar-refractivity contribution >= 4 is 17.3 Å². The van der Waals surface area contributed by atoms with Crippen LogP contribution in [0, 0.1) is 12.8 Å². The van der Waals surface area contributed by atoms with E-state index >= 15 is 0 Å². The van der Waals surface area contributed by atoms with Crippen molar-refractivity contribution in [1.82, 2.24) is 0 Å². The van der Waals surface area contributed by atoms with E-state index in [0.29, 0.717) is 18.4 Å². The van der Waals surface area contributed by atoms with Gasteiger partial charge in [0.25, 0.3) is 0 Å². The molecule has 2 unspecified atom stereocenters. The summed E-state index contributed by atoms with van der Waals surface area (Å²) in [5.41, 5.74) is 9.00. The van der Waals surface area contributed by atoms with E-state index in [2.05, 4.69) is 16.7 Å². The number of amides is 1. The molecular weight excluding hydrogens is 262 g/mol. The Labute approximate surface area is 127 Å². The maximum atomic E-state index is 11.6. The summed E-state index contributed by atoms with van der Waals surface area (Å²) in [7, 11) is 0. The molecular formula is C17H27N3O. The van der Waals surface area contributed by atoms with Crippen molar-refractivity contribution in [2.24, 2.45) is 11.7 Å². The normalized spacial score (nSPS) is 21.9. The molecule has 0 saturated heterocycles. The molecule has 0 radical (unpaired) electrons. The van der Waals surface area contributed by atoms with Crippen LogP contribution >= 0.6 is 0 Å². The Balaban J connectivity index is 2.12. The summed E-state index contributed by atoms with van der Waals surface area (Å²) in [5, 5.41) is 6.61. The Hall–Kier alpha value is -1.55. The first-order valence-corrected chi connectivity index (χ1v) is 8.01. The van der Waals surface area contributed by atoms with Gasteiger partial charge >= 0.3 is 0 Å². The van der Waals surface area contributed by atoms with Gasteiger partial charge in [0.05, 0.1) is 0 Å². The molecule has 0 bridgehead atoms. The van der Waals surface area contributed by atoms with E-state index in [-0.39, 0.29) is 5.91 Å².